The smallest absolute Gasteiger partial charge is 0.433 e. The third kappa shape index (κ3) is 5.00. The van der Waals surface area contributed by atoms with Crippen molar-refractivity contribution in [3.63, 3.8) is 0 Å². The number of aromatic nitrogens is 2. The number of imidazole rings is 1. The number of hydrogen-bond donors (Lipinski definition) is 1. The lowest BCUT2D eigenvalue weighted by atomic mass is 10.0. The van der Waals surface area contributed by atoms with Gasteiger partial charge in [-0.1, -0.05) is 36.4 Å². The van der Waals surface area contributed by atoms with Crippen LogP contribution in [-0.2, 0) is 6.54 Å². The first-order valence-corrected chi connectivity index (χ1v) is 11.5. The van der Waals surface area contributed by atoms with Crippen molar-refractivity contribution in [1.29, 1.82) is 0 Å². The van der Waals surface area contributed by atoms with Crippen molar-refractivity contribution < 1.29 is 19.4 Å². The van der Waals surface area contributed by atoms with Gasteiger partial charge in [0.25, 0.3) is 0 Å². The van der Waals surface area contributed by atoms with E-state index in [1.165, 1.54) is 4.90 Å². The van der Waals surface area contributed by atoms with Crippen LogP contribution < -0.4 is 4.74 Å². The number of hydrogen-bond acceptors (Lipinski definition) is 4. The van der Waals surface area contributed by atoms with E-state index in [0.29, 0.717) is 11.4 Å². The van der Waals surface area contributed by atoms with Gasteiger partial charge in [-0.25, -0.2) is 14.6 Å². The van der Waals surface area contributed by atoms with Crippen LogP contribution in [-0.4, -0.2) is 55.1 Å². The Bertz CT molecular complexity index is 1350. The SMILES string of the molecule is COc1cc(C=C2C(=NC(=O)O)N(Cc3ccccc3)C(=O)N2C(C)(C)C)ccc1-n1cnc(C)c1. The monoisotopic (exact) mass is 487 g/mol. The molecule has 0 saturated carbocycles. The predicted molar refractivity (Wildman–Crippen MR) is 137 cm³/mol. The number of amidine groups is 1. The van der Waals surface area contributed by atoms with Gasteiger partial charge >= 0.3 is 12.1 Å². The van der Waals surface area contributed by atoms with E-state index in [0.717, 1.165) is 22.5 Å². The molecule has 0 unspecified atom stereocenters. The summed E-state index contributed by atoms with van der Waals surface area (Å²) in [5.74, 6) is 0.686. The second kappa shape index (κ2) is 9.69. The molecule has 0 atom stereocenters. The summed E-state index contributed by atoms with van der Waals surface area (Å²) in [5.41, 5.74) is 3.04. The molecule has 1 saturated heterocycles. The molecule has 9 nitrogen and oxygen atoms in total. The molecule has 1 N–H and O–H groups in total. The molecule has 4 rings (SSSR count). The van der Waals surface area contributed by atoms with E-state index in [2.05, 4.69) is 9.98 Å². The van der Waals surface area contributed by atoms with Gasteiger partial charge in [-0.15, -0.1) is 0 Å². The molecule has 3 amide bonds. The van der Waals surface area contributed by atoms with Crippen LogP contribution in [0.2, 0.25) is 0 Å². The van der Waals surface area contributed by atoms with Crippen LogP contribution in [0.4, 0.5) is 9.59 Å². The standard InChI is InChI=1S/C27H29N5O4/c1-18-15-30(17-28-18)21-12-11-20(14-23(21)36-5)13-22-24(29-25(33)34)31(16-19-9-7-6-8-10-19)26(35)32(22)27(2,3)4/h6-15,17H,16H2,1-5H3,(H,33,34). The van der Waals surface area contributed by atoms with Gasteiger partial charge in [0.15, 0.2) is 5.84 Å². The van der Waals surface area contributed by atoms with Crippen LogP contribution in [0.15, 0.2) is 71.7 Å². The molecule has 0 bridgehead atoms. The summed E-state index contributed by atoms with van der Waals surface area (Å²) in [6.07, 6.45) is 4.00. The molecule has 1 fully saturated rings. The molecule has 1 aromatic heterocycles. The van der Waals surface area contributed by atoms with Crippen molar-refractivity contribution in [3.8, 4) is 11.4 Å². The summed E-state index contributed by atoms with van der Waals surface area (Å²) < 4.78 is 7.49. The Kier molecular flexibility index (Phi) is 6.65. The number of aryl methyl sites for hydroxylation is 1. The van der Waals surface area contributed by atoms with Gasteiger partial charge in [0.2, 0.25) is 0 Å². The molecular weight excluding hydrogens is 458 g/mol. The Morgan fingerprint density at radius 3 is 2.47 bits per heavy atom. The Labute approximate surface area is 210 Å². The number of nitrogens with zero attached hydrogens (tertiary/aromatic N) is 5. The topological polar surface area (TPSA) is 100 Å². The maximum absolute atomic E-state index is 13.6. The minimum Gasteiger partial charge on any atom is -0.495 e. The Morgan fingerprint density at radius 2 is 1.89 bits per heavy atom. The van der Waals surface area contributed by atoms with Gasteiger partial charge in [-0.3, -0.25) is 9.80 Å². The Morgan fingerprint density at radius 1 is 1.17 bits per heavy atom. The minimum absolute atomic E-state index is 0.0829. The summed E-state index contributed by atoms with van der Waals surface area (Å²) in [6.45, 7) is 7.79. The van der Waals surface area contributed by atoms with E-state index < -0.39 is 11.6 Å². The van der Waals surface area contributed by atoms with Crippen molar-refractivity contribution >= 4 is 24.0 Å². The first-order chi connectivity index (χ1) is 17.1. The number of benzene rings is 2. The molecule has 1 aliphatic rings. The quantitative estimate of drug-likeness (QED) is 0.523. The highest BCUT2D eigenvalue weighted by Crippen LogP contribution is 2.34. The lowest BCUT2D eigenvalue weighted by Crippen LogP contribution is -2.43. The molecule has 3 aromatic rings. The maximum atomic E-state index is 13.6. The highest BCUT2D eigenvalue weighted by molar-refractivity contribution is 6.19. The molecule has 186 valence electrons. The number of aliphatic imine (C=N–C) groups is 1. The molecule has 36 heavy (non-hydrogen) atoms. The van der Waals surface area contributed by atoms with E-state index in [4.69, 9.17) is 4.74 Å². The number of amides is 3. The fourth-order valence-corrected chi connectivity index (χ4v) is 4.15. The van der Waals surface area contributed by atoms with Gasteiger partial charge in [-0.2, -0.15) is 4.99 Å². The number of ether oxygens (including phenoxy) is 1. The number of carbonyl (C=O) groups excluding carboxylic acids is 1. The highest BCUT2D eigenvalue weighted by atomic mass is 16.5. The normalized spacial score (nSPS) is 16.3. The molecule has 2 aromatic carbocycles. The zero-order chi connectivity index (χ0) is 26.0. The molecule has 9 heteroatoms. The summed E-state index contributed by atoms with van der Waals surface area (Å²) in [5, 5.41) is 9.56. The van der Waals surface area contributed by atoms with Crippen LogP contribution in [0.25, 0.3) is 11.8 Å². The zero-order valence-corrected chi connectivity index (χ0v) is 21.0. The molecule has 1 aliphatic heterocycles. The number of urea groups is 1. The van der Waals surface area contributed by atoms with Crippen LogP contribution in [0.5, 0.6) is 5.75 Å². The Balaban J connectivity index is 1.83. The van der Waals surface area contributed by atoms with E-state index in [-0.39, 0.29) is 18.4 Å². The number of carbonyl (C=O) groups is 2. The van der Waals surface area contributed by atoms with E-state index in [9.17, 15) is 14.7 Å². The fraction of sp³-hybridized carbons (Fsp3) is 0.259. The molecule has 2 heterocycles. The summed E-state index contributed by atoms with van der Waals surface area (Å²) in [7, 11) is 1.58. The number of carboxylic acid groups (broad SMARTS) is 1. The lowest BCUT2D eigenvalue weighted by molar-refractivity contribution is 0.167. The minimum atomic E-state index is -1.37. The van der Waals surface area contributed by atoms with Gasteiger partial charge in [-0.05, 0) is 57.0 Å². The molecule has 0 spiro atoms. The third-order valence-corrected chi connectivity index (χ3v) is 5.70. The maximum Gasteiger partial charge on any atom is 0.433 e. The summed E-state index contributed by atoms with van der Waals surface area (Å²) >= 11 is 0. The van der Waals surface area contributed by atoms with Gasteiger partial charge in [0, 0.05) is 11.7 Å². The van der Waals surface area contributed by atoms with Crippen LogP contribution in [0.1, 0.15) is 37.6 Å². The number of methoxy groups -OCH3 is 1. The average molecular weight is 488 g/mol. The van der Waals surface area contributed by atoms with E-state index in [1.807, 2.05) is 87.0 Å². The highest BCUT2D eigenvalue weighted by Gasteiger charge is 2.44. The zero-order valence-electron chi connectivity index (χ0n) is 21.0. The van der Waals surface area contributed by atoms with Gasteiger partial charge in [0.1, 0.15) is 5.75 Å². The largest absolute Gasteiger partial charge is 0.495 e. The lowest BCUT2D eigenvalue weighted by Gasteiger charge is -2.31. The predicted octanol–water partition coefficient (Wildman–Crippen LogP) is 5.34. The Hall–Kier alpha value is -4.40. The van der Waals surface area contributed by atoms with E-state index >= 15 is 0 Å². The van der Waals surface area contributed by atoms with Gasteiger partial charge < -0.3 is 14.4 Å². The average Bonchev–Trinajstić information content (AvgIpc) is 3.36. The van der Waals surface area contributed by atoms with Gasteiger partial charge in [0.05, 0.1) is 37.1 Å². The third-order valence-electron chi connectivity index (χ3n) is 5.70. The van der Waals surface area contributed by atoms with Crippen LogP contribution in [0.3, 0.4) is 0 Å². The van der Waals surface area contributed by atoms with Crippen molar-refractivity contribution in [2.24, 2.45) is 4.99 Å². The second-order valence-electron chi connectivity index (χ2n) is 9.46. The molecule has 0 aliphatic carbocycles. The first kappa shape index (κ1) is 24.7. The molecular formula is C27H29N5O4. The summed E-state index contributed by atoms with van der Waals surface area (Å²) in [4.78, 5) is 36.4. The van der Waals surface area contributed by atoms with Crippen molar-refractivity contribution in [3.05, 3.63) is 83.6 Å². The summed E-state index contributed by atoms with van der Waals surface area (Å²) in [6, 6.07) is 14.7. The first-order valence-electron chi connectivity index (χ1n) is 11.5. The van der Waals surface area contributed by atoms with Crippen molar-refractivity contribution in [2.45, 2.75) is 39.8 Å². The number of rotatable bonds is 5. The van der Waals surface area contributed by atoms with Crippen LogP contribution in [0, 0.1) is 6.92 Å². The van der Waals surface area contributed by atoms with Crippen molar-refractivity contribution in [2.75, 3.05) is 7.11 Å². The van der Waals surface area contributed by atoms with Crippen molar-refractivity contribution in [1.82, 2.24) is 19.4 Å². The van der Waals surface area contributed by atoms with E-state index in [1.54, 1.807) is 24.4 Å². The molecule has 0 radical (unpaired) electrons. The second-order valence-corrected chi connectivity index (χ2v) is 9.46. The fourth-order valence-electron chi connectivity index (χ4n) is 4.15. The van der Waals surface area contributed by atoms with Crippen LogP contribution >= 0.6 is 0 Å².